The minimum Gasteiger partial charge on any atom is -0.377 e. The second-order valence-electron chi connectivity index (χ2n) is 4.37. The van der Waals surface area contributed by atoms with Gasteiger partial charge in [-0.25, -0.2) is 4.98 Å². The quantitative estimate of drug-likeness (QED) is 0.757. The van der Waals surface area contributed by atoms with Crippen LogP contribution < -0.4 is 16.4 Å². The maximum Gasteiger partial charge on any atom is 0.242 e. The van der Waals surface area contributed by atoms with Gasteiger partial charge in [-0.2, -0.15) is 0 Å². The molecule has 2 heterocycles. The van der Waals surface area contributed by atoms with Crippen LogP contribution in [0.5, 0.6) is 0 Å². The van der Waals surface area contributed by atoms with Crippen molar-refractivity contribution in [3.8, 4) is 0 Å². The maximum absolute atomic E-state index is 11.4. The van der Waals surface area contributed by atoms with Crippen molar-refractivity contribution in [2.24, 2.45) is 11.5 Å². The van der Waals surface area contributed by atoms with Gasteiger partial charge in [-0.1, -0.05) is 0 Å². The minimum absolute atomic E-state index is 0.308. The van der Waals surface area contributed by atoms with Gasteiger partial charge >= 0.3 is 0 Å². The molecule has 0 aromatic carbocycles. The van der Waals surface area contributed by atoms with Crippen molar-refractivity contribution in [2.75, 3.05) is 24.7 Å². The van der Waals surface area contributed by atoms with Gasteiger partial charge in [0, 0.05) is 18.8 Å². The Bertz CT molecular complexity index is 450. The van der Waals surface area contributed by atoms with Crippen molar-refractivity contribution in [1.29, 1.82) is 0 Å². The molecule has 18 heavy (non-hydrogen) atoms. The van der Waals surface area contributed by atoms with Gasteiger partial charge in [-0.3, -0.25) is 4.79 Å². The van der Waals surface area contributed by atoms with Crippen LogP contribution in [0.2, 0.25) is 0 Å². The molecule has 0 radical (unpaired) electrons. The van der Waals surface area contributed by atoms with Crippen molar-refractivity contribution < 1.29 is 9.53 Å². The summed E-state index contributed by atoms with van der Waals surface area (Å²) >= 11 is 0. The van der Waals surface area contributed by atoms with Crippen LogP contribution >= 0.6 is 0 Å². The lowest BCUT2D eigenvalue weighted by atomic mass is 10.1. The van der Waals surface area contributed by atoms with Gasteiger partial charge in [-0.05, 0) is 24.6 Å². The number of anilines is 1. The van der Waals surface area contributed by atoms with Crippen LogP contribution in [0.25, 0.3) is 0 Å². The number of morpholine rings is 1. The summed E-state index contributed by atoms with van der Waals surface area (Å²) in [5.74, 6) is 0.342. The molecule has 1 aliphatic rings. The molecule has 1 aliphatic heterocycles. The minimum atomic E-state index is -0.460. The Morgan fingerprint density at radius 3 is 3.06 bits per heavy atom. The Hall–Kier alpha value is -1.66. The molecule has 1 unspecified atom stereocenters. The summed E-state index contributed by atoms with van der Waals surface area (Å²) in [6, 6.07) is 3.37. The summed E-state index contributed by atoms with van der Waals surface area (Å²) in [7, 11) is 0. The van der Waals surface area contributed by atoms with Gasteiger partial charge in [0.25, 0.3) is 0 Å². The van der Waals surface area contributed by atoms with Gasteiger partial charge < -0.3 is 21.1 Å². The third-order valence-corrected chi connectivity index (χ3v) is 2.99. The van der Waals surface area contributed by atoms with E-state index in [0.717, 1.165) is 17.1 Å². The molecule has 6 heteroatoms. The van der Waals surface area contributed by atoms with Crippen LogP contribution in [0.15, 0.2) is 12.1 Å². The largest absolute Gasteiger partial charge is 0.377 e. The van der Waals surface area contributed by atoms with Gasteiger partial charge in [0.1, 0.15) is 11.9 Å². The van der Waals surface area contributed by atoms with Crippen LogP contribution in [-0.2, 0) is 16.1 Å². The predicted octanol–water partition coefficient (Wildman–Crippen LogP) is -0.461. The molecule has 4 N–H and O–H groups in total. The highest BCUT2D eigenvalue weighted by Gasteiger charge is 2.28. The average Bonchev–Trinajstić information content (AvgIpc) is 2.38. The molecular formula is C12H18N4O2. The molecule has 98 valence electrons. The lowest BCUT2D eigenvalue weighted by Crippen LogP contribution is -2.53. The molecule has 0 bridgehead atoms. The number of pyridine rings is 1. The Morgan fingerprint density at radius 1 is 1.61 bits per heavy atom. The summed E-state index contributed by atoms with van der Waals surface area (Å²) in [6.45, 7) is 3.83. The normalized spacial score (nSPS) is 19.9. The Balaban J connectivity index is 2.33. The van der Waals surface area contributed by atoms with E-state index in [-0.39, 0.29) is 0 Å². The molecule has 0 aliphatic carbocycles. The number of aromatic nitrogens is 1. The van der Waals surface area contributed by atoms with Gasteiger partial charge in [0.15, 0.2) is 0 Å². The number of ether oxygens (including phenoxy) is 1. The van der Waals surface area contributed by atoms with Crippen LogP contribution in [0.4, 0.5) is 5.82 Å². The zero-order valence-electron chi connectivity index (χ0n) is 10.4. The van der Waals surface area contributed by atoms with Gasteiger partial charge in [0.05, 0.1) is 13.2 Å². The molecule has 1 fully saturated rings. The number of primary amides is 1. The van der Waals surface area contributed by atoms with E-state index >= 15 is 0 Å². The van der Waals surface area contributed by atoms with E-state index < -0.39 is 11.9 Å². The van der Waals surface area contributed by atoms with Crippen LogP contribution in [0.1, 0.15) is 11.3 Å². The van der Waals surface area contributed by atoms with E-state index in [4.69, 9.17) is 16.2 Å². The number of carbonyl (C=O) groups is 1. The highest BCUT2D eigenvalue weighted by atomic mass is 16.5. The monoisotopic (exact) mass is 250 g/mol. The first-order valence-corrected chi connectivity index (χ1v) is 5.93. The van der Waals surface area contributed by atoms with Crippen molar-refractivity contribution >= 4 is 11.7 Å². The molecule has 1 aromatic rings. The fourth-order valence-corrected chi connectivity index (χ4v) is 2.10. The number of hydrogen-bond donors (Lipinski definition) is 2. The van der Waals surface area contributed by atoms with E-state index in [9.17, 15) is 4.79 Å². The number of nitrogens with two attached hydrogens (primary N) is 2. The highest BCUT2D eigenvalue weighted by Crippen LogP contribution is 2.19. The molecule has 1 amide bonds. The van der Waals surface area contributed by atoms with Crippen LogP contribution in [0.3, 0.4) is 0 Å². The number of aryl methyl sites for hydroxylation is 1. The Kier molecular flexibility index (Phi) is 3.78. The fraction of sp³-hybridized carbons (Fsp3) is 0.500. The van der Waals surface area contributed by atoms with Crippen LogP contribution in [0, 0.1) is 6.92 Å². The smallest absolute Gasteiger partial charge is 0.242 e. The average molecular weight is 250 g/mol. The molecule has 1 aromatic heterocycles. The molecule has 6 nitrogen and oxygen atoms in total. The van der Waals surface area contributed by atoms with Crippen molar-refractivity contribution in [3.63, 3.8) is 0 Å². The topological polar surface area (TPSA) is 94.5 Å². The first-order valence-electron chi connectivity index (χ1n) is 5.93. The van der Waals surface area contributed by atoms with E-state index in [1.54, 1.807) is 0 Å². The summed E-state index contributed by atoms with van der Waals surface area (Å²) in [5.41, 5.74) is 12.9. The summed E-state index contributed by atoms with van der Waals surface area (Å²) in [4.78, 5) is 17.8. The number of nitrogens with zero attached hydrogens (tertiary/aromatic N) is 2. The number of amides is 1. The van der Waals surface area contributed by atoms with Crippen molar-refractivity contribution in [2.45, 2.75) is 19.5 Å². The third kappa shape index (κ3) is 2.60. The van der Waals surface area contributed by atoms with Crippen molar-refractivity contribution in [1.82, 2.24) is 4.98 Å². The Morgan fingerprint density at radius 2 is 2.39 bits per heavy atom. The zero-order valence-corrected chi connectivity index (χ0v) is 10.4. The molecule has 1 atom stereocenters. The molecule has 2 rings (SSSR count). The van der Waals surface area contributed by atoms with Crippen LogP contribution in [-0.4, -0.2) is 36.7 Å². The third-order valence-electron chi connectivity index (χ3n) is 2.99. The molecule has 0 saturated carbocycles. The molecular weight excluding hydrogens is 232 g/mol. The lowest BCUT2D eigenvalue weighted by Gasteiger charge is -2.34. The van der Waals surface area contributed by atoms with E-state index in [1.165, 1.54) is 0 Å². The first-order chi connectivity index (χ1) is 8.61. The maximum atomic E-state index is 11.4. The van der Waals surface area contributed by atoms with Gasteiger partial charge in [0.2, 0.25) is 5.91 Å². The SMILES string of the molecule is Cc1cc(CN)cc(N2CCOCC2C(N)=O)n1. The number of carbonyl (C=O) groups excluding carboxylic acids is 1. The Labute approximate surface area is 106 Å². The molecule has 0 spiro atoms. The second kappa shape index (κ2) is 5.32. The standard InChI is InChI=1S/C12H18N4O2/c1-8-4-9(6-13)5-11(15-8)16-2-3-18-7-10(16)12(14)17/h4-5,10H,2-3,6-7,13H2,1H3,(H2,14,17). The lowest BCUT2D eigenvalue weighted by molar-refractivity contribution is -0.121. The predicted molar refractivity (Wildman–Crippen MR) is 68.0 cm³/mol. The fourth-order valence-electron chi connectivity index (χ4n) is 2.10. The van der Waals surface area contributed by atoms with E-state index in [2.05, 4.69) is 4.98 Å². The highest BCUT2D eigenvalue weighted by molar-refractivity contribution is 5.83. The van der Waals surface area contributed by atoms with E-state index in [0.29, 0.717) is 26.3 Å². The zero-order chi connectivity index (χ0) is 13.1. The molecule has 1 saturated heterocycles. The number of hydrogen-bond acceptors (Lipinski definition) is 5. The van der Waals surface area contributed by atoms with Crippen molar-refractivity contribution in [3.05, 3.63) is 23.4 Å². The first kappa shape index (κ1) is 12.8. The van der Waals surface area contributed by atoms with Gasteiger partial charge in [-0.15, -0.1) is 0 Å². The number of rotatable bonds is 3. The summed E-state index contributed by atoms with van der Waals surface area (Å²) in [5, 5.41) is 0. The summed E-state index contributed by atoms with van der Waals surface area (Å²) in [6.07, 6.45) is 0. The van der Waals surface area contributed by atoms with E-state index in [1.807, 2.05) is 24.0 Å². The summed E-state index contributed by atoms with van der Waals surface area (Å²) < 4.78 is 5.29. The second-order valence-corrected chi connectivity index (χ2v) is 4.37.